The minimum Gasteiger partial charge on any atom is -0.278 e. The van der Waals surface area contributed by atoms with Gasteiger partial charge in [0.15, 0.2) is 0 Å². The van der Waals surface area contributed by atoms with E-state index in [1.165, 1.54) is 25.6 Å². The van der Waals surface area contributed by atoms with E-state index in [9.17, 15) is 0 Å². The van der Waals surface area contributed by atoms with E-state index in [2.05, 4.69) is 179 Å². The third-order valence-electron chi connectivity index (χ3n) is 13.2. The van der Waals surface area contributed by atoms with E-state index in [0.717, 1.165) is 86.7 Å². The van der Waals surface area contributed by atoms with Gasteiger partial charge in [0, 0.05) is 76.4 Å². The van der Waals surface area contributed by atoms with Crippen molar-refractivity contribution in [2.24, 2.45) is 5.92 Å². The molecule has 0 fully saturated rings. The third-order valence-corrected chi connectivity index (χ3v) is 15.4. The van der Waals surface area contributed by atoms with Crippen LogP contribution < -0.4 is 0 Å². The lowest BCUT2D eigenvalue weighted by atomic mass is 9.86. The van der Waals surface area contributed by atoms with Gasteiger partial charge in [0.05, 0.1) is 33.5 Å². The predicted octanol–water partition coefficient (Wildman–Crippen LogP) is 14.8. The Morgan fingerprint density at radius 1 is 0.477 bits per heavy atom. The van der Waals surface area contributed by atoms with Crippen molar-refractivity contribution in [2.75, 3.05) is 0 Å². The van der Waals surface area contributed by atoms with E-state index < -0.39 is 0 Å². The van der Waals surface area contributed by atoms with Crippen LogP contribution in [0.25, 0.3) is 118 Å². The summed E-state index contributed by atoms with van der Waals surface area (Å²) in [6.45, 7) is 2.28. The Hall–Kier alpha value is -7.85. The molecule has 0 aliphatic heterocycles. The zero-order valence-electron chi connectivity index (χ0n) is 34.9. The number of aromatic nitrogens is 7. The summed E-state index contributed by atoms with van der Waals surface area (Å²) < 4.78 is 6.86. The second kappa shape index (κ2) is 14.1. The maximum Gasteiger partial charge on any atom is 0.236 e. The molecule has 0 saturated heterocycles. The van der Waals surface area contributed by atoms with Gasteiger partial charge in [-0.25, -0.2) is 19.9 Å². The van der Waals surface area contributed by atoms with E-state index in [1.54, 1.807) is 22.7 Å². The number of pyridine rings is 1. The molecule has 7 aromatic heterocycles. The van der Waals surface area contributed by atoms with Gasteiger partial charge in [-0.3, -0.25) is 14.1 Å². The van der Waals surface area contributed by atoms with Crippen molar-refractivity contribution in [3.05, 3.63) is 188 Å². The summed E-state index contributed by atoms with van der Waals surface area (Å²) in [5.41, 5.74) is 9.54. The molecule has 13 aromatic rings. The Morgan fingerprint density at radius 3 is 1.80 bits per heavy atom. The van der Waals surface area contributed by atoms with Crippen molar-refractivity contribution >= 4 is 107 Å². The molecule has 306 valence electrons. The Labute approximate surface area is 379 Å². The lowest BCUT2D eigenvalue weighted by Gasteiger charge is -2.21. The standard InChI is InChI=1S/C56H35N7S2/c1-32-13-2-3-14-35(32)51-48-40-18-7-11-24-47(40)64-53(48)60-56(59-51)63-45-23-10-6-17-39(45)42-31-34(25-26-46(42)63)36-19-12-20-41-49-50(33-27-29-57-30-28-33)58-55(61-54(49)65-52(36)41)62-43-21-8-4-15-37(43)38-16-5-9-22-44(38)62/h2-32,35H,1H3. The van der Waals surface area contributed by atoms with E-state index in [1.807, 2.05) is 24.5 Å². The second-order valence-electron chi connectivity index (χ2n) is 16.9. The maximum absolute atomic E-state index is 5.53. The van der Waals surface area contributed by atoms with Gasteiger partial charge < -0.3 is 0 Å². The average molecular weight is 870 g/mol. The van der Waals surface area contributed by atoms with Crippen LogP contribution in [0.5, 0.6) is 0 Å². The Morgan fingerprint density at radius 2 is 1.08 bits per heavy atom. The van der Waals surface area contributed by atoms with Crippen LogP contribution in [0.15, 0.2) is 182 Å². The molecular weight excluding hydrogens is 835 g/mol. The van der Waals surface area contributed by atoms with Crippen LogP contribution in [0.3, 0.4) is 0 Å². The Balaban J connectivity index is 0.984. The van der Waals surface area contributed by atoms with Crippen LogP contribution >= 0.6 is 22.7 Å². The molecule has 14 rings (SSSR count). The summed E-state index contributed by atoms with van der Waals surface area (Å²) in [6, 6.07) is 51.9. The molecule has 0 bridgehead atoms. The topological polar surface area (TPSA) is 74.3 Å². The van der Waals surface area contributed by atoms with Gasteiger partial charge in [0.2, 0.25) is 11.9 Å². The van der Waals surface area contributed by atoms with Crippen molar-refractivity contribution in [3.63, 3.8) is 0 Å². The predicted molar refractivity (Wildman–Crippen MR) is 271 cm³/mol. The summed E-state index contributed by atoms with van der Waals surface area (Å²) in [5, 5.41) is 9.20. The molecule has 1 aliphatic rings. The van der Waals surface area contributed by atoms with Gasteiger partial charge in [-0.2, -0.15) is 0 Å². The molecule has 7 nitrogen and oxygen atoms in total. The van der Waals surface area contributed by atoms with Gasteiger partial charge >= 0.3 is 0 Å². The zero-order chi connectivity index (χ0) is 42.8. The highest BCUT2D eigenvalue weighted by atomic mass is 32.1. The molecule has 1 aliphatic carbocycles. The van der Waals surface area contributed by atoms with Crippen LogP contribution in [-0.2, 0) is 0 Å². The molecule has 65 heavy (non-hydrogen) atoms. The number of thiophene rings is 2. The third kappa shape index (κ3) is 5.43. The molecule has 2 unspecified atom stereocenters. The first-order valence-electron chi connectivity index (χ1n) is 21.9. The van der Waals surface area contributed by atoms with Crippen molar-refractivity contribution in [2.45, 2.75) is 12.8 Å². The highest BCUT2D eigenvalue weighted by molar-refractivity contribution is 7.26. The van der Waals surface area contributed by atoms with Crippen LogP contribution in [0.2, 0.25) is 0 Å². The number of nitrogens with zero attached hydrogens (tertiary/aromatic N) is 7. The Kier molecular flexibility index (Phi) is 7.93. The summed E-state index contributed by atoms with van der Waals surface area (Å²) in [4.78, 5) is 28.1. The van der Waals surface area contributed by atoms with Crippen LogP contribution in [0.4, 0.5) is 0 Å². The first-order valence-corrected chi connectivity index (χ1v) is 23.5. The monoisotopic (exact) mass is 869 g/mol. The maximum atomic E-state index is 5.53. The van der Waals surface area contributed by atoms with E-state index in [-0.39, 0.29) is 5.92 Å². The summed E-state index contributed by atoms with van der Waals surface area (Å²) in [7, 11) is 0. The van der Waals surface area contributed by atoms with E-state index in [4.69, 9.17) is 19.9 Å². The molecule has 9 heteroatoms. The van der Waals surface area contributed by atoms with Gasteiger partial charge in [-0.15, -0.1) is 22.7 Å². The number of fused-ring (bicyclic) bond motifs is 12. The van der Waals surface area contributed by atoms with Crippen molar-refractivity contribution < 1.29 is 0 Å². The van der Waals surface area contributed by atoms with E-state index in [0.29, 0.717) is 17.8 Å². The number of allylic oxidation sites excluding steroid dienone is 4. The molecule has 0 spiro atoms. The lowest BCUT2D eigenvalue weighted by molar-refractivity contribution is 0.622. The summed E-state index contributed by atoms with van der Waals surface area (Å²) in [5.74, 6) is 1.77. The second-order valence-corrected chi connectivity index (χ2v) is 18.9. The van der Waals surface area contributed by atoms with Crippen molar-refractivity contribution in [1.29, 1.82) is 0 Å². The quantitative estimate of drug-likeness (QED) is 0.172. The smallest absolute Gasteiger partial charge is 0.236 e. The molecule has 2 atom stereocenters. The average Bonchev–Trinajstić information content (AvgIpc) is 4.11. The molecule has 0 saturated carbocycles. The highest BCUT2D eigenvalue weighted by Gasteiger charge is 2.27. The first kappa shape index (κ1) is 36.6. The Bertz CT molecular complexity index is 4120. The van der Waals surface area contributed by atoms with Crippen molar-refractivity contribution in [1.82, 2.24) is 34.1 Å². The normalized spacial score (nSPS) is 15.3. The van der Waals surface area contributed by atoms with Gasteiger partial charge in [0.1, 0.15) is 9.66 Å². The highest BCUT2D eigenvalue weighted by Crippen LogP contribution is 2.46. The molecule has 0 amide bonds. The van der Waals surface area contributed by atoms with Crippen LogP contribution in [-0.4, -0.2) is 34.1 Å². The SMILES string of the molecule is CC1C=CC=CC1c1nc(-n2c3ccccc3c3cc(-c4cccc5c4sc4nc(-n6c7ccccc7c7ccccc76)nc(-c6ccncc6)c45)ccc32)nc2sc3ccccc3c12. The van der Waals surface area contributed by atoms with Gasteiger partial charge in [-0.1, -0.05) is 128 Å². The van der Waals surface area contributed by atoms with Gasteiger partial charge in [-0.05, 0) is 65.6 Å². The van der Waals surface area contributed by atoms with Crippen LogP contribution in [0, 0.1) is 5.92 Å². The summed E-state index contributed by atoms with van der Waals surface area (Å²) >= 11 is 3.48. The summed E-state index contributed by atoms with van der Waals surface area (Å²) in [6.07, 6.45) is 12.6. The molecular formula is C56H35N7S2. The number of para-hydroxylation sites is 3. The largest absolute Gasteiger partial charge is 0.278 e. The number of benzene rings is 6. The molecule has 7 heterocycles. The fourth-order valence-electron chi connectivity index (χ4n) is 10.3. The number of hydrogen-bond donors (Lipinski definition) is 0. The van der Waals surface area contributed by atoms with Crippen LogP contribution in [0.1, 0.15) is 18.5 Å². The number of hydrogen-bond acceptors (Lipinski definition) is 7. The fraction of sp³-hybridized carbons (Fsp3) is 0.0536. The van der Waals surface area contributed by atoms with Crippen molar-refractivity contribution in [3.8, 4) is 34.3 Å². The minimum absolute atomic E-state index is 0.130. The lowest BCUT2D eigenvalue weighted by Crippen LogP contribution is -2.12. The molecule has 6 aromatic carbocycles. The van der Waals surface area contributed by atoms with Gasteiger partial charge in [0.25, 0.3) is 0 Å². The fourth-order valence-corrected chi connectivity index (χ4v) is 12.5. The first-order chi connectivity index (χ1) is 32.2. The molecule has 0 N–H and O–H groups in total. The minimum atomic E-state index is 0.130. The number of rotatable bonds is 5. The molecule has 0 radical (unpaired) electrons. The van der Waals surface area contributed by atoms with E-state index >= 15 is 0 Å². The zero-order valence-corrected chi connectivity index (χ0v) is 36.6.